The third kappa shape index (κ3) is 4.64. The van der Waals surface area contributed by atoms with Gasteiger partial charge in [-0.15, -0.1) is 0 Å². The number of nitrogens with one attached hydrogen (secondary N) is 1. The highest BCUT2D eigenvalue weighted by molar-refractivity contribution is 5.83. The van der Waals surface area contributed by atoms with Crippen molar-refractivity contribution in [2.45, 2.75) is 13.5 Å². The number of para-hydroxylation sites is 1. The summed E-state index contributed by atoms with van der Waals surface area (Å²) < 4.78 is 16.1. The average molecular weight is 314 g/mol. The third-order valence-electron chi connectivity index (χ3n) is 3.24. The highest BCUT2D eigenvalue weighted by Crippen LogP contribution is 2.27. The molecule has 23 heavy (non-hydrogen) atoms. The zero-order chi connectivity index (χ0) is 16.5. The normalized spacial score (nSPS) is 10.6. The summed E-state index contributed by atoms with van der Waals surface area (Å²) in [7, 11) is 3.24. The van der Waals surface area contributed by atoms with Crippen LogP contribution < -0.4 is 19.6 Å². The van der Waals surface area contributed by atoms with Crippen molar-refractivity contribution in [2.24, 2.45) is 5.10 Å². The van der Waals surface area contributed by atoms with Gasteiger partial charge in [0.25, 0.3) is 0 Å². The number of hydrogen-bond donors (Lipinski definition) is 1. The summed E-state index contributed by atoms with van der Waals surface area (Å²) >= 11 is 0. The maximum Gasteiger partial charge on any atom is 0.161 e. The van der Waals surface area contributed by atoms with Crippen LogP contribution in [0.1, 0.15) is 18.1 Å². The minimum absolute atomic E-state index is 0.591. The van der Waals surface area contributed by atoms with Crippen LogP contribution in [0, 0.1) is 0 Å². The minimum atomic E-state index is 0.591. The van der Waals surface area contributed by atoms with Gasteiger partial charge in [0.05, 0.1) is 33.6 Å². The number of rotatable bonds is 8. The molecule has 122 valence electrons. The Hall–Kier alpha value is -2.69. The van der Waals surface area contributed by atoms with Crippen LogP contribution in [-0.2, 0) is 6.54 Å². The number of ether oxygens (including phenoxy) is 3. The van der Waals surface area contributed by atoms with E-state index in [1.807, 2.05) is 49.4 Å². The quantitative estimate of drug-likeness (QED) is 0.600. The molecule has 5 nitrogen and oxygen atoms in total. The van der Waals surface area contributed by atoms with Crippen LogP contribution in [0.3, 0.4) is 0 Å². The van der Waals surface area contributed by atoms with Crippen LogP contribution in [0.15, 0.2) is 47.6 Å². The number of benzene rings is 2. The second-order valence-electron chi connectivity index (χ2n) is 4.75. The lowest BCUT2D eigenvalue weighted by Crippen LogP contribution is -2.06. The molecule has 0 aromatic heterocycles. The summed E-state index contributed by atoms with van der Waals surface area (Å²) in [5.41, 5.74) is 5.02. The fourth-order valence-corrected chi connectivity index (χ4v) is 2.12. The molecule has 0 atom stereocenters. The first-order chi connectivity index (χ1) is 11.3. The predicted molar refractivity (Wildman–Crippen MR) is 91.6 cm³/mol. The SMILES string of the molecule is CCOc1ccccc1/C=N\NCc1ccc(OC)c(OC)c1. The van der Waals surface area contributed by atoms with Crippen LogP contribution >= 0.6 is 0 Å². The molecule has 0 radical (unpaired) electrons. The molecule has 0 fully saturated rings. The Balaban J connectivity index is 1.97. The average Bonchev–Trinajstić information content (AvgIpc) is 2.60. The Morgan fingerprint density at radius 1 is 1.00 bits per heavy atom. The Morgan fingerprint density at radius 3 is 2.52 bits per heavy atom. The first-order valence-electron chi connectivity index (χ1n) is 7.47. The van der Waals surface area contributed by atoms with E-state index in [2.05, 4.69) is 10.5 Å². The molecule has 0 unspecified atom stereocenters. The summed E-state index contributed by atoms with van der Waals surface area (Å²) in [4.78, 5) is 0. The van der Waals surface area contributed by atoms with Crippen LogP contribution in [0.5, 0.6) is 17.2 Å². The molecule has 2 aromatic rings. The van der Waals surface area contributed by atoms with Gasteiger partial charge in [-0.3, -0.25) is 0 Å². The molecule has 0 spiro atoms. The Bertz CT molecular complexity index is 656. The van der Waals surface area contributed by atoms with Gasteiger partial charge in [-0.2, -0.15) is 5.10 Å². The fourth-order valence-electron chi connectivity index (χ4n) is 2.12. The number of hydrogen-bond acceptors (Lipinski definition) is 5. The molecular formula is C18H22N2O3. The lowest BCUT2D eigenvalue weighted by molar-refractivity contribution is 0.340. The monoisotopic (exact) mass is 314 g/mol. The molecule has 1 N–H and O–H groups in total. The maximum absolute atomic E-state index is 5.56. The highest BCUT2D eigenvalue weighted by Gasteiger charge is 2.04. The summed E-state index contributed by atoms with van der Waals surface area (Å²) in [6.45, 7) is 3.18. The zero-order valence-electron chi connectivity index (χ0n) is 13.7. The highest BCUT2D eigenvalue weighted by atomic mass is 16.5. The largest absolute Gasteiger partial charge is 0.493 e. The zero-order valence-corrected chi connectivity index (χ0v) is 13.7. The van der Waals surface area contributed by atoms with E-state index in [0.717, 1.165) is 16.9 Å². The number of nitrogens with zero attached hydrogens (tertiary/aromatic N) is 1. The van der Waals surface area contributed by atoms with Gasteiger partial charge in [0, 0.05) is 5.56 Å². The standard InChI is InChI=1S/C18H22N2O3/c1-4-23-16-8-6-5-7-15(16)13-20-19-12-14-9-10-17(21-2)18(11-14)22-3/h5-11,13,19H,4,12H2,1-3H3/b20-13-. The van der Waals surface area contributed by atoms with Crippen molar-refractivity contribution in [1.82, 2.24) is 5.43 Å². The summed E-state index contributed by atoms with van der Waals surface area (Å²) in [6, 6.07) is 13.6. The van der Waals surface area contributed by atoms with Crippen LogP contribution in [0.25, 0.3) is 0 Å². The second kappa shape index (κ2) is 8.68. The minimum Gasteiger partial charge on any atom is -0.493 e. The molecule has 2 aromatic carbocycles. The smallest absolute Gasteiger partial charge is 0.161 e. The molecular weight excluding hydrogens is 292 g/mol. The van der Waals surface area contributed by atoms with Crippen molar-refractivity contribution in [3.63, 3.8) is 0 Å². The van der Waals surface area contributed by atoms with E-state index in [-0.39, 0.29) is 0 Å². The van der Waals surface area contributed by atoms with Crippen molar-refractivity contribution in [2.75, 3.05) is 20.8 Å². The molecule has 0 heterocycles. The van der Waals surface area contributed by atoms with Crippen molar-refractivity contribution in [1.29, 1.82) is 0 Å². The van der Waals surface area contributed by atoms with Gasteiger partial charge < -0.3 is 19.6 Å². The molecule has 0 aliphatic carbocycles. The molecule has 0 saturated heterocycles. The molecule has 0 aliphatic rings. The van der Waals surface area contributed by atoms with Crippen molar-refractivity contribution >= 4 is 6.21 Å². The summed E-state index contributed by atoms with van der Waals surface area (Å²) in [6.07, 6.45) is 1.76. The summed E-state index contributed by atoms with van der Waals surface area (Å²) in [5.74, 6) is 2.24. The maximum atomic E-state index is 5.56. The van der Waals surface area contributed by atoms with Crippen molar-refractivity contribution in [3.8, 4) is 17.2 Å². The van der Waals surface area contributed by atoms with E-state index in [1.165, 1.54) is 0 Å². The lowest BCUT2D eigenvalue weighted by atomic mass is 10.2. The van der Waals surface area contributed by atoms with E-state index < -0.39 is 0 Å². The summed E-state index contributed by atoms with van der Waals surface area (Å²) in [5, 5.41) is 4.25. The lowest BCUT2D eigenvalue weighted by Gasteiger charge is -2.09. The van der Waals surface area contributed by atoms with Crippen LogP contribution in [0.2, 0.25) is 0 Å². The van der Waals surface area contributed by atoms with Gasteiger partial charge in [-0.1, -0.05) is 18.2 Å². The van der Waals surface area contributed by atoms with Gasteiger partial charge in [0.15, 0.2) is 11.5 Å². The van der Waals surface area contributed by atoms with E-state index in [9.17, 15) is 0 Å². The van der Waals surface area contributed by atoms with Crippen molar-refractivity contribution < 1.29 is 14.2 Å². The van der Waals surface area contributed by atoms with Gasteiger partial charge in [0.2, 0.25) is 0 Å². The third-order valence-corrected chi connectivity index (χ3v) is 3.24. The van der Waals surface area contributed by atoms with E-state index in [0.29, 0.717) is 24.7 Å². The molecule has 2 rings (SSSR count). The fraction of sp³-hybridized carbons (Fsp3) is 0.278. The van der Waals surface area contributed by atoms with E-state index in [1.54, 1.807) is 20.4 Å². The molecule has 0 bridgehead atoms. The topological polar surface area (TPSA) is 52.1 Å². The molecule has 0 saturated carbocycles. The van der Waals surface area contributed by atoms with Gasteiger partial charge >= 0.3 is 0 Å². The molecule has 0 amide bonds. The number of methoxy groups -OCH3 is 2. The van der Waals surface area contributed by atoms with Crippen LogP contribution in [-0.4, -0.2) is 27.0 Å². The van der Waals surface area contributed by atoms with Crippen molar-refractivity contribution in [3.05, 3.63) is 53.6 Å². The van der Waals surface area contributed by atoms with Gasteiger partial charge in [-0.05, 0) is 36.8 Å². The second-order valence-corrected chi connectivity index (χ2v) is 4.75. The van der Waals surface area contributed by atoms with E-state index in [4.69, 9.17) is 14.2 Å². The van der Waals surface area contributed by atoms with Gasteiger partial charge in [0.1, 0.15) is 5.75 Å². The molecule has 5 heteroatoms. The van der Waals surface area contributed by atoms with E-state index >= 15 is 0 Å². The van der Waals surface area contributed by atoms with Crippen LogP contribution in [0.4, 0.5) is 0 Å². The first-order valence-corrected chi connectivity index (χ1v) is 7.47. The molecule has 0 aliphatic heterocycles. The Kier molecular flexibility index (Phi) is 6.29. The Morgan fingerprint density at radius 2 is 1.78 bits per heavy atom. The predicted octanol–water partition coefficient (Wildman–Crippen LogP) is 3.23. The Labute approximate surface area is 136 Å². The first kappa shape index (κ1) is 16.7. The number of hydrazone groups is 1. The van der Waals surface area contributed by atoms with Gasteiger partial charge in [-0.25, -0.2) is 0 Å².